The second kappa shape index (κ2) is 5.12. The van der Waals surface area contributed by atoms with Crippen LogP contribution in [0.1, 0.15) is 19.8 Å². The van der Waals surface area contributed by atoms with Crippen LogP contribution in [0, 0.1) is 0 Å². The first-order valence-electron chi connectivity index (χ1n) is 4.93. The van der Waals surface area contributed by atoms with Gasteiger partial charge in [0.1, 0.15) is 0 Å². The summed E-state index contributed by atoms with van der Waals surface area (Å²) in [6.45, 7) is 6.27. The summed E-state index contributed by atoms with van der Waals surface area (Å²) in [6, 6.07) is 0. The Morgan fingerprint density at radius 2 is 2.50 bits per heavy atom. The molecular weight excluding hydrogens is 180 g/mol. The van der Waals surface area contributed by atoms with Crippen molar-refractivity contribution in [2.75, 3.05) is 13.6 Å². The highest BCUT2D eigenvalue weighted by Gasteiger charge is 2.22. The van der Waals surface area contributed by atoms with Gasteiger partial charge < -0.3 is 4.74 Å². The van der Waals surface area contributed by atoms with Gasteiger partial charge in [-0.3, -0.25) is 10.2 Å². The maximum absolute atomic E-state index is 10.9. The van der Waals surface area contributed by atoms with Crippen LogP contribution in [0.2, 0.25) is 0 Å². The fraction of sp³-hybridized carbons (Fsp3) is 0.700. The van der Waals surface area contributed by atoms with E-state index in [1.165, 1.54) is 12.5 Å². The Kier molecular flexibility index (Phi) is 4.10. The molecule has 1 aliphatic rings. The van der Waals surface area contributed by atoms with Gasteiger partial charge in [0.05, 0.1) is 6.17 Å². The highest BCUT2D eigenvalue weighted by atomic mass is 16.6. The van der Waals surface area contributed by atoms with Gasteiger partial charge in [-0.25, -0.2) is 4.79 Å². The molecule has 0 radical (unpaired) electrons. The molecule has 0 amide bonds. The number of carbonyl (C=O) groups excluding carboxylic acids is 1. The number of hydrogen-bond acceptors (Lipinski definition) is 4. The molecule has 14 heavy (non-hydrogen) atoms. The van der Waals surface area contributed by atoms with E-state index in [0.717, 1.165) is 13.0 Å². The van der Waals surface area contributed by atoms with E-state index >= 15 is 0 Å². The number of hydrogen-bond donors (Lipinski definition) is 1. The second-order valence-corrected chi connectivity index (χ2v) is 3.59. The van der Waals surface area contributed by atoms with Crippen LogP contribution in [0.4, 0.5) is 0 Å². The summed E-state index contributed by atoms with van der Waals surface area (Å²) in [4.78, 5) is 13.1. The van der Waals surface area contributed by atoms with Gasteiger partial charge in [-0.15, -0.1) is 0 Å². The molecule has 0 aromatic heterocycles. The molecule has 1 heterocycles. The average molecular weight is 198 g/mol. The Balaban J connectivity index is 2.29. The fourth-order valence-corrected chi connectivity index (χ4v) is 1.65. The van der Waals surface area contributed by atoms with Gasteiger partial charge in [0.2, 0.25) is 0 Å². The van der Waals surface area contributed by atoms with E-state index in [1.54, 1.807) is 0 Å². The van der Waals surface area contributed by atoms with Crippen molar-refractivity contribution in [3.63, 3.8) is 0 Å². The van der Waals surface area contributed by atoms with Crippen LogP contribution in [-0.4, -0.2) is 36.9 Å². The molecule has 1 rings (SSSR count). The lowest BCUT2D eigenvalue weighted by atomic mass is 10.3. The molecule has 4 nitrogen and oxygen atoms in total. The Morgan fingerprint density at radius 1 is 1.79 bits per heavy atom. The number of rotatable bonds is 4. The van der Waals surface area contributed by atoms with E-state index in [1.807, 2.05) is 6.92 Å². The Labute approximate surface area is 84.9 Å². The van der Waals surface area contributed by atoms with Crippen LogP contribution in [0.3, 0.4) is 0 Å². The summed E-state index contributed by atoms with van der Waals surface area (Å²) < 4.78 is 5.02. The van der Waals surface area contributed by atoms with E-state index in [2.05, 4.69) is 23.8 Å². The van der Waals surface area contributed by atoms with Crippen molar-refractivity contribution < 1.29 is 9.53 Å². The SMILES string of the molecule is C=CC(=O)OC(C)NC1CCCN1C. The van der Waals surface area contributed by atoms with Crippen molar-refractivity contribution in [2.45, 2.75) is 32.2 Å². The molecule has 2 atom stereocenters. The van der Waals surface area contributed by atoms with Crippen LogP contribution < -0.4 is 5.32 Å². The van der Waals surface area contributed by atoms with Gasteiger partial charge in [-0.1, -0.05) is 6.58 Å². The predicted octanol–water partition coefficient (Wildman–Crippen LogP) is 0.703. The zero-order chi connectivity index (χ0) is 10.6. The second-order valence-electron chi connectivity index (χ2n) is 3.59. The third-order valence-corrected chi connectivity index (χ3v) is 2.41. The van der Waals surface area contributed by atoms with Crippen molar-refractivity contribution >= 4 is 5.97 Å². The number of ether oxygens (including phenoxy) is 1. The molecule has 0 aromatic carbocycles. The van der Waals surface area contributed by atoms with E-state index in [4.69, 9.17) is 4.74 Å². The molecule has 4 heteroatoms. The number of carbonyl (C=O) groups is 1. The zero-order valence-corrected chi connectivity index (χ0v) is 8.82. The highest BCUT2D eigenvalue weighted by Crippen LogP contribution is 2.12. The number of nitrogens with zero attached hydrogens (tertiary/aromatic N) is 1. The molecule has 0 saturated carbocycles. The number of likely N-dealkylation sites (tertiary alicyclic amines) is 1. The van der Waals surface area contributed by atoms with Crippen molar-refractivity contribution in [1.82, 2.24) is 10.2 Å². The summed E-state index contributed by atoms with van der Waals surface area (Å²) in [5.41, 5.74) is 0. The van der Waals surface area contributed by atoms with Gasteiger partial charge >= 0.3 is 5.97 Å². The van der Waals surface area contributed by atoms with Crippen molar-refractivity contribution in [1.29, 1.82) is 0 Å². The Hall–Kier alpha value is -0.870. The molecule has 2 unspecified atom stereocenters. The first kappa shape index (κ1) is 11.2. The van der Waals surface area contributed by atoms with Crippen molar-refractivity contribution in [3.8, 4) is 0 Å². The third-order valence-electron chi connectivity index (χ3n) is 2.41. The van der Waals surface area contributed by atoms with Gasteiger partial charge in [0, 0.05) is 6.08 Å². The number of esters is 1. The average Bonchev–Trinajstić information content (AvgIpc) is 2.51. The fourth-order valence-electron chi connectivity index (χ4n) is 1.65. The van der Waals surface area contributed by atoms with Gasteiger partial charge in [0.15, 0.2) is 6.23 Å². The molecule has 80 valence electrons. The van der Waals surface area contributed by atoms with Crippen molar-refractivity contribution in [2.24, 2.45) is 0 Å². The highest BCUT2D eigenvalue weighted by molar-refractivity contribution is 5.81. The molecule has 0 bridgehead atoms. The zero-order valence-electron chi connectivity index (χ0n) is 8.82. The van der Waals surface area contributed by atoms with E-state index < -0.39 is 0 Å². The minimum atomic E-state index is -0.384. The van der Waals surface area contributed by atoms with Crippen LogP contribution >= 0.6 is 0 Å². The minimum absolute atomic E-state index is 0.258. The van der Waals surface area contributed by atoms with Crippen LogP contribution in [0.25, 0.3) is 0 Å². The molecule has 1 fully saturated rings. The largest absolute Gasteiger partial charge is 0.444 e. The Morgan fingerprint density at radius 3 is 3.00 bits per heavy atom. The first-order chi connectivity index (χ1) is 6.63. The summed E-state index contributed by atoms with van der Waals surface area (Å²) in [7, 11) is 2.06. The van der Waals surface area contributed by atoms with E-state index in [9.17, 15) is 4.79 Å². The Bertz CT molecular complexity index is 218. The molecule has 1 aliphatic heterocycles. The summed E-state index contributed by atoms with van der Waals surface area (Å²) in [5.74, 6) is -0.384. The summed E-state index contributed by atoms with van der Waals surface area (Å²) in [6.07, 6.45) is 3.54. The normalized spacial score (nSPS) is 24.6. The maximum atomic E-state index is 10.9. The van der Waals surface area contributed by atoms with Gasteiger partial charge in [0.25, 0.3) is 0 Å². The smallest absolute Gasteiger partial charge is 0.331 e. The molecule has 0 aliphatic carbocycles. The third kappa shape index (κ3) is 3.12. The lowest BCUT2D eigenvalue weighted by Crippen LogP contribution is -2.45. The topological polar surface area (TPSA) is 41.6 Å². The molecule has 0 aromatic rings. The minimum Gasteiger partial charge on any atom is -0.444 e. The van der Waals surface area contributed by atoms with Gasteiger partial charge in [-0.2, -0.15) is 0 Å². The standard InChI is InChI=1S/C10H18N2O2/c1-4-10(13)14-8(2)11-9-6-5-7-12(9)3/h4,8-9,11H,1,5-7H2,2-3H3. The first-order valence-corrected chi connectivity index (χ1v) is 4.93. The van der Waals surface area contributed by atoms with Crippen molar-refractivity contribution in [3.05, 3.63) is 12.7 Å². The van der Waals surface area contributed by atoms with E-state index in [0.29, 0.717) is 6.17 Å². The van der Waals surface area contributed by atoms with E-state index in [-0.39, 0.29) is 12.2 Å². The van der Waals surface area contributed by atoms with Gasteiger partial charge in [-0.05, 0) is 33.4 Å². The summed E-state index contributed by atoms with van der Waals surface area (Å²) in [5, 5.41) is 3.23. The lowest BCUT2D eigenvalue weighted by molar-refractivity contribution is -0.144. The van der Waals surface area contributed by atoms with Crippen LogP contribution in [0.15, 0.2) is 12.7 Å². The summed E-state index contributed by atoms with van der Waals surface area (Å²) >= 11 is 0. The number of nitrogens with one attached hydrogen (secondary N) is 1. The monoisotopic (exact) mass is 198 g/mol. The lowest BCUT2D eigenvalue weighted by Gasteiger charge is -2.24. The quantitative estimate of drug-likeness (QED) is 0.410. The predicted molar refractivity (Wildman–Crippen MR) is 54.5 cm³/mol. The molecule has 0 spiro atoms. The van der Waals surface area contributed by atoms with Crippen LogP contribution in [-0.2, 0) is 9.53 Å². The molecule has 1 saturated heterocycles. The van der Waals surface area contributed by atoms with Crippen LogP contribution in [0.5, 0.6) is 0 Å². The maximum Gasteiger partial charge on any atom is 0.331 e. The molecular formula is C10H18N2O2. The molecule has 1 N–H and O–H groups in total.